The summed E-state index contributed by atoms with van der Waals surface area (Å²) in [6.07, 6.45) is 0.959. The molecule has 0 aromatic heterocycles. The Bertz CT molecular complexity index is 246. The minimum atomic E-state index is 0.695. The molecular weight excluding hydrogens is 291 g/mol. The van der Waals surface area contributed by atoms with Gasteiger partial charge < -0.3 is 9.47 Å². The van der Waals surface area contributed by atoms with Gasteiger partial charge in [0.2, 0.25) is 0 Å². The van der Waals surface area contributed by atoms with Crippen LogP contribution < -0.4 is 0 Å². The van der Waals surface area contributed by atoms with E-state index in [-0.39, 0.29) is 0 Å². The van der Waals surface area contributed by atoms with E-state index in [2.05, 4.69) is 46.9 Å². The van der Waals surface area contributed by atoms with E-state index in [4.69, 9.17) is 9.47 Å². The zero-order valence-electron chi connectivity index (χ0n) is 8.33. The lowest BCUT2D eigenvalue weighted by Crippen LogP contribution is -1.99. The second-order valence-corrected chi connectivity index (χ2v) is 4.27. The minimum absolute atomic E-state index is 0.695. The largest absolute Gasteiger partial charge is 0.385 e. The highest BCUT2D eigenvalue weighted by molar-refractivity contribution is 14.1. The molecule has 0 aliphatic carbocycles. The summed E-state index contributed by atoms with van der Waals surface area (Å²) in [4.78, 5) is 0. The highest BCUT2D eigenvalue weighted by Gasteiger charge is 1.93. The van der Waals surface area contributed by atoms with Gasteiger partial charge in [-0.25, -0.2) is 0 Å². The Balaban J connectivity index is 2.15. The molecule has 0 amide bonds. The van der Waals surface area contributed by atoms with Crippen LogP contribution in [0, 0.1) is 3.57 Å². The van der Waals surface area contributed by atoms with Crippen molar-refractivity contribution in [3.05, 3.63) is 33.4 Å². The average molecular weight is 306 g/mol. The highest BCUT2D eigenvalue weighted by Crippen LogP contribution is 2.07. The second-order valence-electron chi connectivity index (χ2n) is 3.03. The summed E-state index contributed by atoms with van der Waals surface area (Å²) in [5.74, 6) is 0. The molecule has 0 aliphatic rings. The molecular formula is C11H15IO2. The number of rotatable bonds is 6. The first-order chi connectivity index (χ1) is 6.83. The summed E-state index contributed by atoms with van der Waals surface area (Å²) < 4.78 is 11.7. The fourth-order valence-electron chi connectivity index (χ4n) is 1.08. The third-order valence-electron chi connectivity index (χ3n) is 1.82. The summed E-state index contributed by atoms with van der Waals surface area (Å²) in [5, 5.41) is 0. The minimum Gasteiger partial charge on any atom is -0.385 e. The lowest BCUT2D eigenvalue weighted by Gasteiger charge is -2.03. The topological polar surface area (TPSA) is 18.5 Å². The van der Waals surface area contributed by atoms with Crippen LogP contribution in [0.5, 0.6) is 0 Å². The van der Waals surface area contributed by atoms with Crippen molar-refractivity contribution in [3.8, 4) is 0 Å². The lowest BCUT2D eigenvalue weighted by atomic mass is 10.2. The number of benzene rings is 1. The molecule has 14 heavy (non-hydrogen) atoms. The number of hydrogen-bond donors (Lipinski definition) is 0. The van der Waals surface area contributed by atoms with Gasteiger partial charge >= 0.3 is 0 Å². The Kier molecular flexibility index (Phi) is 6.14. The highest BCUT2D eigenvalue weighted by atomic mass is 127. The van der Waals surface area contributed by atoms with Crippen molar-refractivity contribution in [1.82, 2.24) is 0 Å². The summed E-state index contributed by atoms with van der Waals surface area (Å²) in [6.45, 7) is 2.23. The first-order valence-corrected chi connectivity index (χ1v) is 5.72. The van der Waals surface area contributed by atoms with E-state index in [0.29, 0.717) is 6.61 Å². The molecule has 0 N–H and O–H groups in total. The van der Waals surface area contributed by atoms with Crippen molar-refractivity contribution in [2.24, 2.45) is 0 Å². The molecule has 0 spiro atoms. The molecule has 0 saturated carbocycles. The van der Waals surface area contributed by atoms with E-state index < -0.39 is 0 Å². The van der Waals surface area contributed by atoms with Crippen molar-refractivity contribution in [2.45, 2.75) is 13.0 Å². The summed E-state index contributed by atoms with van der Waals surface area (Å²) >= 11 is 2.30. The zero-order chi connectivity index (χ0) is 10.2. The Hall–Kier alpha value is -0.130. The van der Waals surface area contributed by atoms with Gasteiger partial charge in [0, 0.05) is 23.9 Å². The first-order valence-electron chi connectivity index (χ1n) is 4.64. The zero-order valence-corrected chi connectivity index (χ0v) is 10.5. The van der Waals surface area contributed by atoms with Gasteiger partial charge in [0.1, 0.15) is 0 Å². The molecule has 0 bridgehead atoms. The summed E-state index contributed by atoms with van der Waals surface area (Å²) in [6, 6.07) is 8.37. The maximum Gasteiger partial charge on any atom is 0.0716 e. The van der Waals surface area contributed by atoms with E-state index in [1.54, 1.807) is 7.11 Å². The van der Waals surface area contributed by atoms with Gasteiger partial charge in [-0.05, 0) is 46.7 Å². The van der Waals surface area contributed by atoms with Crippen LogP contribution in [0.15, 0.2) is 24.3 Å². The second kappa shape index (κ2) is 7.20. The molecule has 1 rings (SSSR count). The molecule has 2 nitrogen and oxygen atoms in total. The van der Waals surface area contributed by atoms with E-state index in [9.17, 15) is 0 Å². The maximum absolute atomic E-state index is 5.48. The van der Waals surface area contributed by atoms with Crippen molar-refractivity contribution in [2.75, 3.05) is 20.3 Å². The molecule has 0 heterocycles. The summed E-state index contributed by atoms with van der Waals surface area (Å²) in [5.41, 5.74) is 1.22. The van der Waals surface area contributed by atoms with Crippen molar-refractivity contribution in [1.29, 1.82) is 0 Å². The van der Waals surface area contributed by atoms with Gasteiger partial charge in [-0.1, -0.05) is 12.1 Å². The standard InChI is InChI=1S/C11H15IO2/c1-13-7-2-8-14-9-10-3-5-11(12)6-4-10/h3-6H,2,7-9H2,1H3. The first kappa shape index (κ1) is 11.9. The number of methoxy groups -OCH3 is 1. The van der Waals surface area contributed by atoms with E-state index in [0.717, 1.165) is 19.6 Å². The van der Waals surface area contributed by atoms with Crippen LogP contribution in [0.4, 0.5) is 0 Å². The molecule has 0 saturated heterocycles. The Morgan fingerprint density at radius 2 is 1.86 bits per heavy atom. The van der Waals surface area contributed by atoms with E-state index in [1.165, 1.54) is 9.13 Å². The monoisotopic (exact) mass is 306 g/mol. The van der Waals surface area contributed by atoms with Crippen molar-refractivity contribution in [3.63, 3.8) is 0 Å². The van der Waals surface area contributed by atoms with Crippen LogP contribution in [0.1, 0.15) is 12.0 Å². The van der Waals surface area contributed by atoms with Crippen molar-refractivity contribution >= 4 is 22.6 Å². The average Bonchev–Trinajstić information content (AvgIpc) is 2.21. The van der Waals surface area contributed by atoms with Crippen LogP contribution in [0.25, 0.3) is 0 Å². The normalized spacial score (nSPS) is 10.4. The van der Waals surface area contributed by atoms with Gasteiger partial charge in [-0.3, -0.25) is 0 Å². The van der Waals surface area contributed by atoms with Gasteiger partial charge in [0.25, 0.3) is 0 Å². The predicted octanol–water partition coefficient (Wildman–Crippen LogP) is 2.84. The molecule has 3 heteroatoms. The molecule has 0 radical (unpaired) electrons. The van der Waals surface area contributed by atoms with Crippen LogP contribution in [0.3, 0.4) is 0 Å². The SMILES string of the molecule is COCCCOCc1ccc(I)cc1. The number of hydrogen-bond acceptors (Lipinski definition) is 2. The van der Waals surface area contributed by atoms with Gasteiger partial charge in [-0.15, -0.1) is 0 Å². The number of ether oxygens (including phenoxy) is 2. The van der Waals surface area contributed by atoms with Gasteiger partial charge in [0.05, 0.1) is 6.61 Å². The molecule has 0 atom stereocenters. The molecule has 0 aliphatic heterocycles. The van der Waals surface area contributed by atoms with Crippen molar-refractivity contribution < 1.29 is 9.47 Å². The van der Waals surface area contributed by atoms with Gasteiger partial charge in [0.15, 0.2) is 0 Å². The third-order valence-corrected chi connectivity index (χ3v) is 2.54. The fraction of sp³-hybridized carbons (Fsp3) is 0.455. The Morgan fingerprint density at radius 1 is 1.14 bits per heavy atom. The quantitative estimate of drug-likeness (QED) is 0.594. The summed E-state index contributed by atoms with van der Waals surface area (Å²) in [7, 11) is 1.71. The smallest absolute Gasteiger partial charge is 0.0716 e. The van der Waals surface area contributed by atoms with E-state index in [1.807, 2.05) is 0 Å². The molecule has 1 aromatic carbocycles. The maximum atomic E-state index is 5.48. The Morgan fingerprint density at radius 3 is 2.50 bits per heavy atom. The predicted molar refractivity (Wildman–Crippen MR) is 65.3 cm³/mol. The van der Waals surface area contributed by atoms with E-state index >= 15 is 0 Å². The molecule has 1 aromatic rings. The van der Waals surface area contributed by atoms with Crippen LogP contribution in [-0.4, -0.2) is 20.3 Å². The van der Waals surface area contributed by atoms with Crippen LogP contribution in [-0.2, 0) is 16.1 Å². The molecule has 0 unspecified atom stereocenters. The third kappa shape index (κ3) is 4.93. The molecule has 0 fully saturated rings. The Labute approximate surface area is 98.7 Å². The van der Waals surface area contributed by atoms with Crippen LogP contribution >= 0.6 is 22.6 Å². The van der Waals surface area contributed by atoms with Gasteiger partial charge in [-0.2, -0.15) is 0 Å². The van der Waals surface area contributed by atoms with Crippen LogP contribution in [0.2, 0.25) is 0 Å². The fourth-order valence-corrected chi connectivity index (χ4v) is 1.44. The lowest BCUT2D eigenvalue weighted by molar-refractivity contribution is 0.0928. The molecule has 78 valence electrons. The number of halogens is 1.